The molecular formula is C13H15ClN2O3S. The van der Waals surface area contributed by atoms with Gasteiger partial charge >= 0.3 is 0 Å². The van der Waals surface area contributed by atoms with Crippen LogP contribution in [0.4, 0.5) is 5.69 Å². The second-order valence-corrected chi connectivity index (χ2v) is 6.11. The topological polar surface area (TPSA) is 71.3 Å². The van der Waals surface area contributed by atoms with Crippen molar-refractivity contribution in [2.24, 2.45) is 0 Å². The monoisotopic (exact) mass is 314 g/mol. The van der Waals surface area contributed by atoms with Gasteiger partial charge in [0.25, 0.3) is 10.0 Å². The molecule has 0 saturated heterocycles. The number of rotatable bonds is 6. The van der Waals surface area contributed by atoms with Gasteiger partial charge in [-0.05, 0) is 30.8 Å². The second-order valence-electron chi connectivity index (χ2n) is 4.09. The van der Waals surface area contributed by atoms with E-state index in [9.17, 15) is 8.42 Å². The van der Waals surface area contributed by atoms with Gasteiger partial charge in [-0.15, -0.1) is 0 Å². The maximum Gasteiger partial charge on any atom is 0.295 e. The highest BCUT2D eigenvalue weighted by Gasteiger charge is 2.19. The molecule has 0 spiro atoms. The predicted molar refractivity (Wildman–Crippen MR) is 78.3 cm³/mol. The van der Waals surface area contributed by atoms with Crippen molar-refractivity contribution in [1.82, 2.24) is 5.32 Å². The zero-order valence-electron chi connectivity index (χ0n) is 10.9. The molecule has 1 aromatic carbocycles. The Morgan fingerprint density at radius 3 is 2.65 bits per heavy atom. The van der Waals surface area contributed by atoms with Crippen molar-refractivity contribution in [3.05, 3.63) is 47.2 Å². The fourth-order valence-corrected chi connectivity index (χ4v) is 2.86. The van der Waals surface area contributed by atoms with Gasteiger partial charge in [0.2, 0.25) is 5.09 Å². The highest BCUT2D eigenvalue weighted by molar-refractivity contribution is 7.92. The molecule has 0 amide bonds. The van der Waals surface area contributed by atoms with Gasteiger partial charge in [-0.3, -0.25) is 4.72 Å². The SMILES string of the molecule is CCNCc1ccc(S(=O)(=O)Nc2ccccc2Cl)o1. The second kappa shape index (κ2) is 6.30. The number of hydrogen-bond donors (Lipinski definition) is 2. The van der Waals surface area contributed by atoms with Gasteiger partial charge in [-0.25, -0.2) is 0 Å². The summed E-state index contributed by atoms with van der Waals surface area (Å²) in [6.45, 7) is 3.22. The van der Waals surface area contributed by atoms with Crippen molar-refractivity contribution in [2.45, 2.75) is 18.6 Å². The van der Waals surface area contributed by atoms with Crippen molar-refractivity contribution < 1.29 is 12.8 Å². The van der Waals surface area contributed by atoms with Gasteiger partial charge < -0.3 is 9.73 Å². The molecule has 0 aliphatic carbocycles. The first-order valence-corrected chi connectivity index (χ1v) is 7.96. The predicted octanol–water partition coefficient (Wildman–Crippen LogP) is 2.84. The smallest absolute Gasteiger partial charge is 0.295 e. The maximum absolute atomic E-state index is 12.2. The number of sulfonamides is 1. The number of furan rings is 1. The lowest BCUT2D eigenvalue weighted by atomic mass is 10.3. The summed E-state index contributed by atoms with van der Waals surface area (Å²) in [6.07, 6.45) is 0. The highest BCUT2D eigenvalue weighted by Crippen LogP contribution is 2.24. The summed E-state index contributed by atoms with van der Waals surface area (Å²) in [7, 11) is -3.77. The van der Waals surface area contributed by atoms with E-state index in [1.54, 1.807) is 30.3 Å². The molecule has 7 heteroatoms. The summed E-state index contributed by atoms with van der Waals surface area (Å²) in [5.41, 5.74) is 0.318. The quantitative estimate of drug-likeness (QED) is 0.860. The van der Waals surface area contributed by atoms with Gasteiger partial charge in [0.1, 0.15) is 5.76 Å². The average Bonchev–Trinajstić information content (AvgIpc) is 2.88. The molecule has 0 aliphatic heterocycles. The van der Waals surface area contributed by atoms with Crippen LogP contribution in [0.2, 0.25) is 5.02 Å². The molecule has 0 radical (unpaired) electrons. The minimum absolute atomic E-state index is 0.134. The Labute approximate surface area is 123 Å². The van der Waals surface area contributed by atoms with Gasteiger partial charge in [-0.2, -0.15) is 8.42 Å². The minimum Gasteiger partial charge on any atom is -0.446 e. The Kier molecular flexibility index (Phi) is 4.69. The van der Waals surface area contributed by atoms with Crippen molar-refractivity contribution in [2.75, 3.05) is 11.3 Å². The van der Waals surface area contributed by atoms with Crippen LogP contribution in [0, 0.1) is 0 Å². The van der Waals surface area contributed by atoms with E-state index >= 15 is 0 Å². The Bertz CT molecular complexity index is 682. The van der Waals surface area contributed by atoms with E-state index in [0.29, 0.717) is 23.0 Å². The third kappa shape index (κ3) is 3.53. The van der Waals surface area contributed by atoms with Crippen LogP contribution in [-0.4, -0.2) is 15.0 Å². The number of benzene rings is 1. The summed E-state index contributed by atoms with van der Waals surface area (Å²) in [4.78, 5) is 0. The zero-order valence-corrected chi connectivity index (χ0v) is 12.5. The molecule has 5 nitrogen and oxygen atoms in total. The third-order valence-electron chi connectivity index (χ3n) is 2.57. The van der Waals surface area contributed by atoms with Crippen LogP contribution in [0.5, 0.6) is 0 Å². The van der Waals surface area contributed by atoms with Crippen molar-refractivity contribution in [1.29, 1.82) is 0 Å². The third-order valence-corrected chi connectivity index (χ3v) is 4.14. The van der Waals surface area contributed by atoms with Crippen LogP contribution in [0.25, 0.3) is 0 Å². The molecule has 108 valence electrons. The Morgan fingerprint density at radius 2 is 1.95 bits per heavy atom. The number of para-hydroxylation sites is 1. The molecule has 0 saturated carbocycles. The van der Waals surface area contributed by atoms with Crippen LogP contribution in [0.1, 0.15) is 12.7 Å². The van der Waals surface area contributed by atoms with Crippen molar-refractivity contribution in [3.8, 4) is 0 Å². The van der Waals surface area contributed by atoms with Crippen LogP contribution in [-0.2, 0) is 16.6 Å². The lowest BCUT2D eigenvalue weighted by Gasteiger charge is -2.07. The summed E-state index contributed by atoms with van der Waals surface area (Å²) in [6, 6.07) is 9.67. The van der Waals surface area contributed by atoms with Gasteiger partial charge in [-0.1, -0.05) is 30.7 Å². The molecule has 20 heavy (non-hydrogen) atoms. The molecule has 0 unspecified atom stereocenters. The molecule has 2 N–H and O–H groups in total. The van der Waals surface area contributed by atoms with Crippen LogP contribution < -0.4 is 10.0 Å². The first-order chi connectivity index (χ1) is 9.53. The summed E-state index contributed by atoms with van der Waals surface area (Å²) >= 11 is 5.92. The molecule has 0 bridgehead atoms. The van der Waals surface area contributed by atoms with E-state index in [0.717, 1.165) is 6.54 Å². The lowest BCUT2D eigenvalue weighted by molar-refractivity contribution is 0.405. The fraction of sp³-hybridized carbons (Fsp3) is 0.231. The molecule has 2 aromatic rings. The summed E-state index contributed by atoms with van der Waals surface area (Å²) < 4.78 is 32.0. The highest BCUT2D eigenvalue weighted by atomic mass is 35.5. The number of anilines is 1. The van der Waals surface area contributed by atoms with Gasteiger partial charge in [0.05, 0.1) is 17.3 Å². The first-order valence-electron chi connectivity index (χ1n) is 6.09. The standard InChI is InChI=1S/C13H15ClN2O3S/c1-2-15-9-10-7-8-13(19-10)20(17,18)16-12-6-4-3-5-11(12)14/h3-8,15-16H,2,9H2,1H3. The van der Waals surface area contributed by atoms with E-state index in [1.165, 1.54) is 6.07 Å². The van der Waals surface area contributed by atoms with E-state index in [2.05, 4.69) is 10.0 Å². The van der Waals surface area contributed by atoms with Crippen LogP contribution >= 0.6 is 11.6 Å². The Hall–Kier alpha value is -1.50. The fourth-order valence-electron chi connectivity index (χ4n) is 1.58. The van der Waals surface area contributed by atoms with Gasteiger partial charge in [0.15, 0.2) is 0 Å². The van der Waals surface area contributed by atoms with Crippen molar-refractivity contribution >= 4 is 27.3 Å². The molecule has 0 fully saturated rings. The maximum atomic E-state index is 12.2. The van der Waals surface area contributed by atoms with Crippen LogP contribution in [0.15, 0.2) is 45.9 Å². The molecule has 1 aromatic heterocycles. The lowest BCUT2D eigenvalue weighted by Crippen LogP contribution is -2.13. The molecule has 2 rings (SSSR count). The summed E-state index contributed by atoms with van der Waals surface area (Å²) in [5, 5.41) is 3.25. The molecule has 0 aliphatic rings. The van der Waals surface area contributed by atoms with E-state index in [1.807, 2.05) is 6.92 Å². The molecule has 0 atom stereocenters. The van der Waals surface area contributed by atoms with Crippen LogP contribution in [0.3, 0.4) is 0 Å². The van der Waals surface area contributed by atoms with Gasteiger partial charge in [0, 0.05) is 0 Å². The minimum atomic E-state index is -3.77. The molecular weight excluding hydrogens is 300 g/mol. The molecule has 1 heterocycles. The van der Waals surface area contributed by atoms with Crippen molar-refractivity contribution in [3.63, 3.8) is 0 Å². The summed E-state index contributed by atoms with van der Waals surface area (Å²) in [5.74, 6) is 0.561. The van der Waals surface area contributed by atoms with E-state index in [4.69, 9.17) is 16.0 Å². The Balaban J connectivity index is 2.18. The largest absolute Gasteiger partial charge is 0.446 e. The average molecular weight is 315 g/mol. The normalized spacial score (nSPS) is 11.5. The number of halogens is 1. The number of nitrogens with one attached hydrogen (secondary N) is 2. The Morgan fingerprint density at radius 1 is 1.20 bits per heavy atom. The van der Waals surface area contributed by atoms with E-state index < -0.39 is 10.0 Å². The van der Waals surface area contributed by atoms with E-state index in [-0.39, 0.29) is 5.09 Å². The number of hydrogen-bond acceptors (Lipinski definition) is 4. The zero-order chi connectivity index (χ0) is 14.6. The first kappa shape index (κ1) is 14.9.